The van der Waals surface area contributed by atoms with Crippen molar-refractivity contribution < 1.29 is 17.4 Å². The number of hydrogen-bond acceptors (Lipinski definition) is 4. The zero-order valence-electron chi connectivity index (χ0n) is 11.2. The van der Waals surface area contributed by atoms with E-state index in [2.05, 4.69) is 13.1 Å². The summed E-state index contributed by atoms with van der Waals surface area (Å²) in [5.74, 6) is 0. The summed E-state index contributed by atoms with van der Waals surface area (Å²) in [6.07, 6.45) is 0. The van der Waals surface area contributed by atoms with Gasteiger partial charge in [-0.05, 0) is 26.5 Å². The molecule has 0 saturated carbocycles. The van der Waals surface area contributed by atoms with Gasteiger partial charge in [-0.25, -0.2) is 0 Å². The van der Waals surface area contributed by atoms with Crippen LogP contribution in [0.3, 0.4) is 0 Å². The van der Waals surface area contributed by atoms with Crippen LogP contribution in [-0.2, 0) is 17.4 Å². The van der Waals surface area contributed by atoms with E-state index in [1.807, 2.05) is 20.8 Å². The molecule has 0 N–H and O–H groups in total. The highest BCUT2D eigenvalue weighted by molar-refractivity contribution is 6.66. The number of hydrogen-bond donors (Lipinski definition) is 0. The van der Waals surface area contributed by atoms with Gasteiger partial charge in [-0.1, -0.05) is 13.1 Å². The Balaban J connectivity index is 0. The predicted octanol–water partition coefficient (Wildman–Crippen LogP) is 0.175. The average Bonchev–Trinajstić information content (AvgIpc) is 2.30. The third-order valence-electron chi connectivity index (χ3n) is 1.58. The lowest BCUT2D eigenvalue weighted by molar-refractivity contribution is 0.0844. The maximum Gasteiger partial charge on any atom is 0.528 e. The summed E-state index contributed by atoms with van der Waals surface area (Å²) in [6.45, 7) is 13.4. The normalized spacial score (nSPS) is 11.5. The van der Waals surface area contributed by atoms with Gasteiger partial charge >= 0.3 is 8.80 Å². The van der Waals surface area contributed by atoms with Gasteiger partial charge in [0.1, 0.15) is 20.2 Å². The zero-order valence-corrected chi connectivity index (χ0v) is 15.7. The smallest absolute Gasteiger partial charge is 0.468 e. The van der Waals surface area contributed by atoms with Crippen molar-refractivity contribution in [1.29, 1.82) is 0 Å². The van der Waals surface area contributed by atoms with Gasteiger partial charge in [0, 0.05) is 19.8 Å². The van der Waals surface area contributed by atoms with Gasteiger partial charge in [-0.2, -0.15) is 0 Å². The molecule has 4 nitrogen and oxygen atoms in total. The molecule has 0 spiro atoms. The second-order valence-corrected chi connectivity index (χ2v) is 8.05. The lowest BCUT2D eigenvalue weighted by Gasteiger charge is -2.24. The summed E-state index contributed by atoms with van der Waals surface area (Å²) in [4.78, 5) is 0. The summed E-state index contributed by atoms with van der Waals surface area (Å²) >= 11 is 0. The summed E-state index contributed by atoms with van der Waals surface area (Å²) in [7, 11) is -1.57. The molecule has 16 heavy (non-hydrogen) atoms. The van der Waals surface area contributed by atoms with Gasteiger partial charge in [-0.15, -0.1) is 0 Å². The van der Waals surface area contributed by atoms with Crippen LogP contribution in [-0.4, -0.2) is 48.9 Å². The SMILES string of the molecule is C=C[Si](OCC)(OCC)OCC.C[SiH2]O[SiH3]. The molecule has 0 heterocycles. The molecular formula is C9H26O4Si3. The van der Waals surface area contributed by atoms with E-state index in [-0.39, 0.29) is 9.76 Å². The van der Waals surface area contributed by atoms with Crippen LogP contribution in [0.2, 0.25) is 6.55 Å². The van der Waals surface area contributed by atoms with Gasteiger partial charge in [0.2, 0.25) is 0 Å². The standard InChI is InChI=1S/C8H18O3Si.CH8OSi2/c1-5-9-12(8-4,10-6-2)11-7-3;1-4-2-3/h8H,4-7H2,1-3H3;4H2,1,3H3. The second-order valence-electron chi connectivity index (χ2n) is 2.68. The maximum atomic E-state index is 5.44. The van der Waals surface area contributed by atoms with E-state index < -0.39 is 8.80 Å². The zero-order chi connectivity index (χ0) is 12.9. The molecule has 98 valence electrons. The van der Waals surface area contributed by atoms with Crippen LogP contribution in [0.5, 0.6) is 0 Å². The minimum atomic E-state index is -2.51. The molecule has 0 aliphatic rings. The molecule has 0 aromatic carbocycles. The lowest BCUT2D eigenvalue weighted by atomic mass is 10.9. The van der Waals surface area contributed by atoms with Crippen molar-refractivity contribution in [2.24, 2.45) is 0 Å². The Hall–Kier alpha value is 0.231. The average molecular weight is 283 g/mol. The van der Waals surface area contributed by atoms with E-state index in [4.69, 9.17) is 17.4 Å². The fraction of sp³-hybridized carbons (Fsp3) is 0.778. The Kier molecular flexibility index (Phi) is 15.5. The van der Waals surface area contributed by atoms with E-state index >= 15 is 0 Å². The highest BCUT2D eigenvalue weighted by Gasteiger charge is 2.36. The van der Waals surface area contributed by atoms with Crippen LogP contribution in [0.15, 0.2) is 12.3 Å². The monoisotopic (exact) mass is 282 g/mol. The Morgan fingerprint density at radius 3 is 1.56 bits per heavy atom. The van der Waals surface area contributed by atoms with Crippen LogP contribution in [0.1, 0.15) is 20.8 Å². The van der Waals surface area contributed by atoms with Crippen LogP contribution >= 0.6 is 0 Å². The first-order chi connectivity index (χ1) is 7.66. The Labute approximate surface area is 106 Å². The third kappa shape index (κ3) is 9.46. The van der Waals surface area contributed by atoms with E-state index in [0.29, 0.717) is 19.8 Å². The van der Waals surface area contributed by atoms with Crippen molar-refractivity contribution in [3.05, 3.63) is 12.3 Å². The maximum absolute atomic E-state index is 5.44. The summed E-state index contributed by atoms with van der Waals surface area (Å²) in [6, 6.07) is 0. The van der Waals surface area contributed by atoms with Crippen molar-refractivity contribution in [2.45, 2.75) is 27.3 Å². The third-order valence-corrected chi connectivity index (χ3v) is 6.46. The molecule has 0 aromatic heterocycles. The van der Waals surface area contributed by atoms with Crippen LogP contribution in [0.25, 0.3) is 0 Å². The summed E-state index contributed by atoms with van der Waals surface area (Å²) < 4.78 is 21.1. The van der Waals surface area contributed by atoms with Crippen molar-refractivity contribution >= 4 is 29.1 Å². The van der Waals surface area contributed by atoms with Gasteiger partial charge in [0.05, 0.1) is 0 Å². The fourth-order valence-corrected chi connectivity index (χ4v) is 2.72. The highest BCUT2D eigenvalue weighted by atomic mass is 28.4. The van der Waals surface area contributed by atoms with Crippen LogP contribution in [0, 0.1) is 0 Å². The van der Waals surface area contributed by atoms with Crippen molar-refractivity contribution in [1.82, 2.24) is 0 Å². The summed E-state index contributed by atoms with van der Waals surface area (Å²) in [5, 5.41) is 0. The molecule has 0 atom stereocenters. The molecule has 7 heteroatoms. The van der Waals surface area contributed by atoms with E-state index in [1.54, 1.807) is 5.70 Å². The van der Waals surface area contributed by atoms with Crippen molar-refractivity contribution in [3.63, 3.8) is 0 Å². The molecule has 0 bridgehead atoms. The minimum Gasteiger partial charge on any atom is -0.468 e. The molecule has 0 unspecified atom stereocenters. The van der Waals surface area contributed by atoms with Gasteiger partial charge in [0.15, 0.2) is 0 Å². The number of rotatable bonds is 8. The molecule has 0 saturated heterocycles. The van der Waals surface area contributed by atoms with Gasteiger partial charge in [0.25, 0.3) is 0 Å². The Morgan fingerprint density at radius 1 is 1.12 bits per heavy atom. The van der Waals surface area contributed by atoms with Crippen molar-refractivity contribution in [3.8, 4) is 0 Å². The summed E-state index contributed by atoms with van der Waals surface area (Å²) in [5.41, 5.74) is 1.67. The Bertz CT molecular complexity index is 139. The molecule has 0 fully saturated rings. The minimum absolute atomic E-state index is 0.0139. The Morgan fingerprint density at radius 2 is 1.44 bits per heavy atom. The fourth-order valence-electron chi connectivity index (χ4n) is 0.905. The largest absolute Gasteiger partial charge is 0.528 e. The molecule has 0 aliphatic heterocycles. The first kappa shape index (κ1) is 18.6. The molecule has 0 radical (unpaired) electrons. The molecule has 0 aliphatic carbocycles. The first-order valence-corrected chi connectivity index (χ1v) is 10.3. The quantitative estimate of drug-likeness (QED) is 0.595. The van der Waals surface area contributed by atoms with E-state index in [0.717, 1.165) is 10.5 Å². The molecule has 0 aromatic rings. The predicted molar refractivity (Wildman–Crippen MR) is 76.3 cm³/mol. The topological polar surface area (TPSA) is 36.9 Å². The molecule has 0 rings (SSSR count). The van der Waals surface area contributed by atoms with Gasteiger partial charge in [-0.3, -0.25) is 0 Å². The van der Waals surface area contributed by atoms with E-state index in [1.165, 1.54) is 0 Å². The highest BCUT2D eigenvalue weighted by Crippen LogP contribution is 2.10. The van der Waals surface area contributed by atoms with Crippen LogP contribution in [0.4, 0.5) is 0 Å². The second kappa shape index (κ2) is 13.3. The van der Waals surface area contributed by atoms with Crippen LogP contribution < -0.4 is 0 Å². The van der Waals surface area contributed by atoms with Crippen molar-refractivity contribution in [2.75, 3.05) is 19.8 Å². The van der Waals surface area contributed by atoms with E-state index in [9.17, 15) is 0 Å². The molecule has 0 amide bonds. The van der Waals surface area contributed by atoms with Gasteiger partial charge < -0.3 is 17.4 Å². The molecular weight excluding hydrogens is 256 g/mol. The lowest BCUT2D eigenvalue weighted by Crippen LogP contribution is -2.44. The first-order valence-electron chi connectivity index (χ1n) is 5.70.